The molecule has 1 aromatic carbocycles. The summed E-state index contributed by atoms with van der Waals surface area (Å²) in [4.78, 5) is 33.5. The predicted molar refractivity (Wildman–Crippen MR) is 72.7 cm³/mol. The second-order valence-electron chi connectivity index (χ2n) is 4.53. The van der Waals surface area contributed by atoms with Crippen molar-refractivity contribution in [2.45, 2.75) is 27.2 Å². The predicted octanol–water partition coefficient (Wildman–Crippen LogP) is 2.33. The number of hydrogen-bond donors (Lipinski definition) is 0. The van der Waals surface area contributed by atoms with Crippen LogP contribution in [0, 0.1) is 24.0 Å². The average molecular weight is 279 g/mol. The Bertz CT molecular complexity index is 551. The first-order valence-electron chi connectivity index (χ1n) is 6.30. The highest BCUT2D eigenvalue weighted by molar-refractivity contribution is 6.07. The molecule has 0 aromatic heterocycles. The summed E-state index contributed by atoms with van der Waals surface area (Å²) in [5.74, 6) is -1.32. The molecule has 108 valence electrons. The molecule has 0 aliphatic carbocycles. The zero-order valence-corrected chi connectivity index (χ0v) is 11.8. The van der Waals surface area contributed by atoms with E-state index >= 15 is 0 Å². The molecule has 0 aliphatic rings. The molecule has 0 saturated heterocycles. The molecule has 0 aliphatic heterocycles. The molecule has 0 fully saturated rings. The van der Waals surface area contributed by atoms with E-state index in [2.05, 4.69) is 0 Å². The number of carbonyl (C=O) groups is 2. The smallest absolute Gasteiger partial charge is 0.338 e. The van der Waals surface area contributed by atoms with Crippen LogP contribution in [0.2, 0.25) is 0 Å². The Morgan fingerprint density at radius 1 is 1.20 bits per heavy atom. The maximum atomic E-state index is 11.9. The molecule has 6 nitrogen and oxygen atoms in total. The maximum Gasteiger partial charge on any atom is 0.338 e. The van der Waals surface area contributed by atoms with Gasteiger partial charge in [-0.25, -0.2) is 4.79 Å². The van der Waals surface area contributed by atoms with Crippen molar-refractivity contribution >= 4 is 11.8 Å². The molecule has 0 spiro atoms. The monoisotopic (exact) mass is 279 g/mol. The Morgan fingerprint density at radius 2 is 1.75 bits per heavy atom. The fourth-order valence-corrected chi connectivity index (χ4v) is 1.69. The molecule has 0 radical (unpaired) electrons. The van der Waals surface area contributed by atoms with Gasteiger partial charge in [-0.05, 0) is 43.5 Å². The Hall–Kier alpha value is -2.24. The molecular formula is C14H17NO5. The third-order valence-corrected chi connectivity index (χ3v) is 2.86. The number of nitro groups is 1. The van der Waals surface area contributed by atoms with Crippen LogP contribution in [0.1, 0.15) is 45.2 Å². The number of esters is 1. The van der Waals surface area contributed by atoms with E-state index in [0.29, 0.717) is 6.42 Å². The van der Waals surface area contributed by atoms with Crippen LogP contribution in [0.15, 0.2) is 12.1 Å². The van der Waals surface area contributed by atoms with Crippen molar-refractivity contribution in [1.82, 2.24) is 0 Å². The molecule has 0 saturated carbocycles. The number of benzene rings is 1. The van der Waals surface area contributed by atoms with Crippen molar-refractivity contribution in [1.29, 1.82) is 0 Å². The first kappa shape index (κ1) is 15.8. The van der Waals surface area contributed by atoms with Gasteiger partial charge in [-0.1, -0.05) is 6.92 Å². The highest BCUT2D eigenvalue weighted by Crippen LogP contribution is 2.18. The highest BCUT2D eigenvalue weighted by Gasteiger charge is 2.22. The van der Waals surface area contributed by atoms with E-state index in [-0.39, 0.29) is 17.7 Å². The summed E-state index contributed by atoms with van der Waals surface area (Å²) < 4.78 is 5.01. The van der Waals surface area contributed by atoms with Gasteiger partial charge in [-0.15, -0.1) is 0 Å². The van der Waals surface area contributed by atoms with Crippen molar-refractivity contribution in [2.24, 2.45) is 0 Å². The van der Waals surface area contributed by atoms with E-state index < -0.39 is 23.2 Å². The molecule has 6 heteroatoms. The summed E-state index contributed by atoms with van der Waals surface area (Å²) in [6.07, 6.45) is 0.661. The lowest BCUT2D eigenvalue weighted by molar-refractivity contribution is -0.465. The highest BCUT2D eigenvalue weighted by atomic mass is 16.6. The standard InChI is InChI=1S/C14H17NO5/c1-4-5-20-14(17)12-7-10(3)9(2)6-11(12)13(16)8-15(18)19/h6-7H,4-5,8H2,1-3H3. The van der Waals surface area contributed by atoms with E-state index in [1.54, 1.807) is 19.9 Å². The van der Waals surface area contributed by atoms with Crippen LogP contribution in [-0.4, -0.2) is 29.8 Å². The number of carbonyl (C=O) groups excluding carboxylic acids is 2. The van der Waals surface area contributed by atoms with Gasteiger partial charge in [-0.2, -0.15) is 0 Å². The average Bonchev–Trinajstić information content (AvgIpc) is 2.37. The van der Waals surface area contributed by atoms with Crippen molar-refractivity contribution in [3.05, 3.63) is 44.5 Å². The van der Waals surface area contributed by atoms with E-state index in [1.165, 1.54) is 6.07 Å². The zero-order valence-electron chi connectivity index (χ0n) is 11.8. The van der Waals surface area contributed by atoms with Crippen molar-refractivity contribution in [3.8, 4) is 0 Å². The minimum absolute atomic E-state index is 0.0471. The number of rotatable bonds is 6. The number of Topliss-reactive ketones (excluding diaryl/α,β-unsaturated/α-hetero) is 1. The number of aryl methyl sites for hydroxylation is 2. The van der Waals surface area contributed by atoms with Gasteiger partial charge in [0.2, 0.25) is 5.78 Å². The van der Waals surface area contributed by atoms with E-state index in [9.17, 15) is 19.7 Å². The van der Waals surface area contributed by atoms with Crippen molar-refractivity contribution in [3.63, 3.8) is 0 Å². The normalized spacial score (nSPS) is 10.2. The van der Waals surface area contributed by atoms with Gasteiger partial charge in [0.15, 0.2) is 0 Å². The van der Waals surface area contributed by atoms with Gasteiger partial charge in [0.05, 0.1) is 12.2 Å². The molecule has 1 rings (SSSR count). The zero-order chi connectivity index (χ0) is 15.3. The fourth-order valence-electron chi connectivity index (χ4n) is 1.69. The summed E-state index contributed by atoms with van der Waals surface area (Å²) in [7, 11) is 0. The van der Waals surface area contributed by atoms with Gasteiger partial charge in [0.1, 0.15) is 0 Å². The number of ketones is 1. The number of nitrogens with zero attached hydrogens (tertiary/aromatic N) is 1. The minimum Gasteiger partial charge on any atom is -0.462 e. The van der Waals surface area contributed by atoms with Gasteiger partial charge < -0.3 is 4.74 Å². The second kappa shape index (κ2) is 6.79. The van der Waals surface area contributed by atoms with Gasteiger partial charge in [0, 0.05) is 10.5 Å². The van der Waals surface area contributed by atoms with Gasteiger partial charge >= 0.3 is 5.97 Å². The minimum atomic E-state index is -0.837. The molecule has 0 amide bonds. The lowest BCUT2D eigenvalue weighted by Gasteiger charge is -2.10. The number of ether oxygens (including phenoxy) is 1. The fraction of sp³-hybridized carbons (Fsp3) is 0.429. The molecular weight excluding hydrogens is 262 g/mol. The van der Waals surface area contributed by atoms with Crippen LogP contribution in [0.4, 0.5) is 0 Å². The van der Waals surface area contributed by atoms with Crippen molar-refractivity contribution < 1.29 is 19.2 Å². The quantitative estimate of drug-likeness (QED) is 0.345. The van der Waals surface area contributed by atoms with Crippen LogP contribution in [0.3, 0.4) is 0 Å². The Labute approximate surface area is 116 Å². The lowest BCUT2D eigenvalue weighted by Crippen LogP contribution is -2.19. The summed E-state index contributed by atoms with van der Waals surface area (Å²) in [6, 6.07) is 3.05. The van der Waals surface area contributed by atoms with Crippen LogP contribution in [0.25, 0.3) is 0 Å². The maximum absolute atomic E-state index is 11.9. The Balaban J connectivity index is 3.20. The molecule has 0 unspecified atom stereocenters. The summed E-state index contributed by atoms with van der Waals surface area (Å²) in [6.45, 7) is 4.84. The molecule has 0 bridgehead atoms. The summed E-state index contributed by atoms with van der Waals surface area (Å²) in [5, 5.41) is 10.5. The largest absolute Gasteiger partial charge is 0.462 e. The first-order valence-corrected chi connectivity index (χ1v) is 6.30. The van der Waals surface area contributed by atoms with Crippen molar-refractivity contribution in [2.75, 3.05) is 13.2 Å². The van der Waals surface area contributed by atoms with Crippen LogP contribution in [-0.2, 0) is 4.74 Å². The lowest BCUT2D eigenvalue weighted by atomic mass is 9.97. The molecule has 0 atom stereocenters. The third-order valence-electron chi connectivity index (χ3n) is 2.86. The molecule has 0 heterocycles. The second-order valence-corrected chi connectivity index (χ2v) is 4.53. The van der Waals surface area contributed by atoms with Crippen LogP contribution < -0.4 is 0 Å². The van der Waals surface area contributed by atoms with Gasteiger partial charge in [0.25, 0.3) is 6.54 Å². The SMILES string of the molecule is CCCOC(=O)c1cc(C)c(C)cc1C(=O)C[N+](=O)[O-]. The topological polar surface area (TPSA) is 86.5 Å². The van der Waals surface area contributed by atoms with Crippen LogP contribution in [0.5, 0.6) is 0 Å². The molecule has 20 heavy (non-hydrogen) atoms. The molecule has 0 N–H and O–H groups in total. The van der Waals surface area contributed by atoms with E-state index in [4.69, 9.17) is 4.74 Å². The first-order chi connectivity index (χ1) is 9.36. The summed E-state index contributed by atoms with van der Waals surface area (Å²) >= 11 is 0. The number of hydrogen-bond acceptors (Lipinski definition) is 5. The Kier molecular flexibility index (Phi) is 5.37. The van der Waals surface area contributed by atoms with Gasteiger partial charge in [-0.3, -0.25) is 14.9 Å². The van der Waals surface area contributed by atoms with Crippen LogP contribution >= 0.6 is 0 Å². The molecule has 1 aromatic rings. The van der Waals surface area contributed by atoms with E-state index in [1.807, 2.05) is 6.92 Å². The third kappa shape index (κ3) is 3.88. The summed E-state index contributed by atoms with van der Waals surface area (Å²) in [5.41, 5.74) is 1.76. The Morgan fingerprint density at radius 3 is 2.25 bits per heavy atom. The van der Waals surface area contributed by atoms with E-state index in [0.717, 1.165) is 11.1 Å².